The van der Waals surface area contributed by atoms with E-state index < -0.39 is 0 Å². The number of halogens is 1. The van der Waals surface area contributed by atoms with Crippen LogP contribution in [0.1, 0.15) is 11.1 Å². The molecule has 0 aliphatic carbocycles. The van der Waals surface area contributed by atoms with Crippen LogP contribution in [0, 0.1) is 6.92 Å². The number of thioether (sulfide) groups is 1. The minimum atomic E-state index is 0.223. The summed E-state index contributed by atoms with van der Waals surface area (Å²) in [5.74, 6) is 1.16. The van der Waals surface area contributed by atoms with Crippen molar-refractivity contribution in [1.82, 2.24) is 9.97 Å². The molecule has 2 N–H and O–H groups in total. The smallest absolute Gasteiger partial charge is 0.222 e. The monoisotopic (exact) mass is 279 g/mol. The van der Waals surface area contributed by atoms with E-state index in [9.17, 15) is 0 Å². The summed E-state index contributed by atoms with van der Waals surface area (Å²) >= 11 is 7.45. The average molecular weight is 280 g/mol. The second kappa shape index (κ2) is 6.07. The Morgan fingerprint density at radius 2 is 1.94 bits per heavy atom. The summed E-state index contributed by atoms with van der Waals surface area (Å²) in [5, 5.41) is 1.21. The number of nitrogens with zero attached hydrogens (tertiary/aromatic N) is 2. The largest absolute Gasteiger partial charge is 0.368 e. The molecule has 94 valence electrons. The summed E-state index contributed by atoms with van der Waals surface area (Å²) < 4.78 is 0. The summed E-state index contributed by atoms with van der Waals surface area (Å²) in [7, 11) is 0. The molecule has 1 aromatic carbocycles. The SMILES string of the molecule is Cc1ccc(CCSc2cc(Cl)nc(N)n2)cc1. The van der Waals surface area contributed by atoms with Crippen LogP contribution >= 0.6 is 23.4 Å². The van der Waals surface area contributed by atoms with E-state index in [4.69, 9.17) is 17.3 Å². The molecule has 0 radical (unpaired) electrons. The van der Waals surface area contributed by atoms with E-state index in [0.29, 0.717) is 5.15 Å². The van der Waals surface area contributed by atoms with Crippen LogP contribution in [0.4, 0.5) is 5.95 Å². The van der Waals surface area contributed by atoms with Gasteiger partial charge in [0.05, 0.1) is 0 Å². The Morgan fingerprint density at radius 3 is 2.61 bits per heavy atom. The number of benzene rings is 1. The molecule has 1 heterocycles. The van der Waals surface area contributed by atoms with Gasteiger partial charge in [0, 0.05) is 11.8 Å². The highest BCUT2D eigenvalue weighted by Crippen LogP contribution is 2.20. The number of nitrogen functional groups attached to an aromatic ring is 1. The maximum absolute atomic E-state index is 5.82. The minimum Gasteiger partial charge on any atom is -0.368 e. The van der Waals surface area contributed by atoms with Crippen molar-refractivity contribution in [1.29, 1.82) is 0 Å². The fourth-order valence-electron chi connectivity index (χ4n) is 1.52. The lowest BCUT2D eigenvalue weighted by molar-refractivity contribution is 1.06. The van der Waals surface area contributed by atoms with Crippen LogP contribution in [-0.2, 0) is 6.42 Å². The number of aromatic nitrogens is 2. The molecule has 18 heavy (non-hydrogen) atoms. The van der Waals surface area contributed by atoms with Gasteiger partial charge in [0.2, 0.25) is 5.95 Å². The van der Waals surface area contributed by atoms with Crippen LogP contribution in [0.25, 0.3) is 0 Å². The third-order valence-electron chi connectivity index (χ3n) is 2.45. The average Bonchev–Trinajstić information content (AvgIpc) is 2.30. The van der Waals surface area contributed by atoms with Gasteiger partial charge in [0.15, 0.2) is 0 Å². The van der Waals surface area contributed by atoms with Crippen LogP contribution in [0.2, 0.25) is 5.15 Å². The zero-order valence-electron chi connectivity index (χ0n) is 10.1. The van der Waals surface area contributed by atoms with Gasteiger partial charge in [-0.05, 0) is 18.9 Å². The van der Waals surface area contributed by atoms with E-state index in [1.165, 1.54) is 11.1 Å². The van der Waals surface area contributed by atoms with E-state index in [2.05, 4.69) is 41.2 Å². The first-order chi connectivity index (χ1) is 8.63. The van der Waals surface area contributed by atoms with Gasteiger partial charge in [0.25, 0.3) is 0 Å². The minimum absolute atomic E-state index is 0.223. The fourth-order valence-corrected chi connectivity index (χ4v) is 2.67. The Kier molecular flexibility index (Phi) is 4.44. The molecule has 0 aliphatic heterocycles. The van der Waals surface area contributed by atoms with Gasteiger partial charge in [-0.3, -0.25) is 0 Å². The highest BCUT2D eigenvalue weighted by atomic mass is 35.5. The molecule has 0 atom stereocenters. The molecule has 2 aromatic rings. The molecule has 0 spiro atoms. The second-order valence-corrected chi connectivity index (χ2v) is 5.47. The maximum atomic E-state index is 5.82. The lowest BCUT2D eigenvalue weighted by Gasteiger charge is -2.03. The number of anilines is 1. The Balaban J connectivity index is 1.90. The highest BCUT2D eigenvalue weighted by molar-refractivity contribution is 7.99. The van der Waals surface area contributed by atoms with Gasteiger partial charge in [-0.2, -0.15) is 0 Å². The zero-order valence-corrected chi connectivity index (χ0v) is 11.6. The molecule has 0 fully saturated rings. The molecular weight excluding hydrogens is 266 g/mol. The van der Waals surface area contributed by atoms with Crippen molar-refractivity contribution in [3.63, 3.8) is 0 Å². The van der Waals surface area contributed by atoms with Crippen molar-refractivity contribution in [3.8, 4) is 0 Å². The third-order valence-corrected chi connectivity index (χ3v) is 3.56. The molecule has 0 saturated heterocycles. The van der Waals surface area contributed by atoms with Crippen molar-refractivity contribution in [2.45, 2.75) is 18.4 Å². The Hall–Kier alpha value is -1.26. The number of rotatable bonds is 4. The van der Waals surface area contributed by atoms with Crippen LogP contribution in [0.3, 0.4) is 0 Å². The molecule has 0 saturated carbocycles. The predicted octanol–water partition coefficient (Wildman–Crippen LogP) is 3.36. The second-order valence-electron chi connectivity index (χ2n) is 3.97. The van der Waals surface area contributed by atoms with Gasteiger partial charge in [-0.15, -0.1) is 11.8 Å². The van der Waals surface area contributed by atoms with Gasteiger partial charge in [-0.25, -0.2) is 9.97 Å². The lowest BCUT2D eigenvalue weighted by atomic mass is 10.1. The number of hydrogen-bond acceptors (Lipinski definition) is 4. The van der Waals surface area contributed by atoms with Crippen molar-refractivity contribution >= 4 is 29.3 Å². The zero-order chi connectivity index (χ0) is 13.0. The van der Waals surface area contributed by atoms with Gasteiger partial charge in [-0.1, -0.05) is 41.4 Å². The molecule has 0 aliphatic rings. The first-order valence-electron chi connectivity index (χ1n) is 5.62. The Bertz CT molecular complexity index is 508. The fraction of sp³-hybridized carbons (Fsp3) is 0.231. The molecular formula is C13H14ClN3S. The summed E-state index contributed by atoms with van der Waals surface area (Å²) in [4.78, 5) is 7.95. The number of aryl methyl sites for hydroxylation is 2. The van der Waals surface area contributed by atoms with Crippen LogP contribution in [-0.4, -0.2) is 15.7 Å². The van der Waals surface area contributed by atoms with Gasteiger partial charge in [0.1, 0.15) is 10.2 Å². The normalized spacial score (nSPS) is 10.6. The standard InChI is InChI=1S/C13H14ClN3S/c1-9-2-4-10(5-3-9)6-7-18-12-8-11(14)16-13(15)17-12/h2-5,8H,6-7H2,1H3,(H2,15,16,17). The van der Waals surface area contributed by atoms with E-state index in [0.717, 1.165) is 17.2 Å². The van der Waals surface area contributed by atoms with E-state index in [1.54, 1.807) is 17.8 Å². The van der Waals surface area contributed by atoms with Gasteiger partial charge >= 0.3 is 0 Å². The van der Waals surface area contributed by atoms with Crippen LogP contribution in [0.5, 0.6) is 0 Å². The molecule has 0 unspecified atom stereocenters. The lowest BCUT2D eigenvalue weighted by Crippen LogP contribution is -1.96. The van der Waals surface area contributed by atoms with E-state index in [1.807, 2.05) is 0 Å². The van der Waals surface area contributed by atoms with Crippen LogP contribution < -0.4 is 5.73 Å². The van der Waals surface area contributed by atoms with Crippen LogP contribution in [0.15, 0.2) is 35.4 Å². The Labute approximate surface area is 116 Å². The molecule has 3 nitrogen and oxygen atoms in total. The summed E-state index contributed by atoms with van der Waals surface area (Å²) in [6.07, 6.45) is 0.993. The summed E-state index contributed by atoms with van der Waals surface area (Å²) in [6, 6.07) is 10.3. The number of hydrogen-bond donors (Lipinski definition) is 1. The van der Waals surface area contributed by atoms with Crippen molar-refractivity contribution < 1.29 is 0 Å². The predicted molar refractivity (Wildman–Crippen MR) is 77.1 cm³/mol. The van der Waals surface area contributed by atoms with Crippen molar-refractivity contribution in [3.05, 3.63) is 46.6 Å². The molecule has 2 rings (SSSR count). The highest BCUT2D eigenvalue weighted by Gasteiger charge is 2.01. The first kappa shape index (κ1) is 13.2. The van der Waals surface area contributed by atoms with Crippen molar-refractivity contribution in [2.75, 3.05) is 11.5 Å². The topological polar surface area (TPSA) is 51.8 Å². The molecule has 0 bridgehead atoms. The molecule has 0 amide bonds. The third kappa shape index (κ3) is 3.89. The van der Waals surface area contributed by atoms with E-state index >= 15 is 0 Å². The summed E-state index contributed by atoms with van der Waals surface area (Å²) in [5.41, 5.74) is 8.14. The summed E-state index contributed by atoms with van der Waals surface area (Å²) in [6.45, 7) is 2.09. The quantitative estimate of drug-likeness (QED) is 0.689. The van der Waals surface area contributed by atoms with Gasteiger partial charge < -0.3 is 5.73 Å². The maximum Gasteiger partial charge on any atom is 0.222 e. The number of nitrogens with two attached hydrogens (primary N) is 1. The first-order valence-corrected chi connectivity index (χ1v) is 6.98. The molecule has 1 aromatic heterocycles. The van der Waals surface area contributed by atoms with E-state index in [-0.39, 0.29) is 5.95 Å². The molecule has 5 heteroatoms. The van der Waals surface area contributed by atoms with Crippen molar-refractivity contribution in [2.24, 2.45) is 0 Å². The Morgan fingerprint density at radius 1 is 1.22 bits per heavy atom.